The molecule has 7 heteroatoms. The van der Waals surface area contributed by atoms with Crippen LogP contribution in [0.4, 0.5) is 14.5 Å². The number of benzene rings is 2. The van der Waals surface area contributed by atoms with Gasteiger partial charge in [0.15, 0.2) is 18.2 Å². The zero-order valence-electron chi connectivity index (χ0n) is 16.3. The third-order valence-corrected chi connectivity index (χ3v) is 5.11. The van der Waals surface area contributed by atoms with Crippen LogP contribution in [0.25, 0.3) is 0 Å². The van der Waals surface area contributed by atoms with Crippen LogP contribution < -0.4 is 10.1 Å². The first-order valence-corrected chi connectivity index (χ1v) is 9.69. The molecule has 3 rings (SSSR count). The molecular weight excluding hydrogens is 378 g/mol. The molecule has 2 amide bonds. The summed E-state index contributed by atoms with van der Waals surface area (Å²) in [5, 5.41) is 2.62. The van der Waals surface area contributed by atoms with Gasteiger partial charge in [-0.2, -0.15) is 0 Å². The second kappa shape index (κ2) is 9.49. The fourth-order valence-electron chi connectivity index (χ4n) is 3.47. The van der Waals surface area contributed by atoms with Gasteiger partial charge in [-0.1, -0.05) is 19.3 Å². The van der Waals surface area contributed by atoms with Crippen LogP contribution in [0.1, 0.15) is 42.5 Å². The smallest absolute Gasteiger partial charge is 0.262 e. The minimum absolute atomic E-state index is 0.0371. The highest BCUT2D eigenvalue weighted by molar-refractivity contribution is 5.96. The average molecular weight is 402 g/mol. The minimum Gasteiger partial charge on any atom is -0.481 e. The van der Waals surface area contributed by atoms with E-state index >= 15 is 0 Å². The summed E-state index contributed by atoms with van der Waals surface area (Å²) in [7, 11) is 1.83. The van der Waals surface area contributed by atoms with Crippen LogP contribution in [0, 0.1) is 11.6 Å². The van der Waals surface area contributed by atoms with Gasteiger partial charge < -0.3 is 15.0 Å². The lowest BCUT2D eigenvalue weighted by molar-refractivity contribution is -0.118. The molecule has 29 heavy (non-hydrogen) atoms. The summed E-state index contributed by atoms with van der Waals surface area (Å²) >= 11 is 0. The van der Waals surface area contributed by atoms with E-state index in [-0.39, 0.29) is 17.7 Å². The summed E-state index contributed by atoms with van der Waals surface area (Å²) in [6, 6.07) is 9.75. The van der Waals surface area contributed by atoms with Gasteiger partial charge >= 0.3 is 0 Å². The fourth-order valence-corrected chi connectivity index (χ4v) is 3.47. The van der Waals surface area contributed by atoms with E-state index in [1.165, 1.54) is 6.42 Å². The second-order valence-electron chi connectivity index (χ2n) is 7.20. The number of halogens is 2. The van der Waals surface area contributed by atoms with Crippen molar-refractivity contribution in [2.75, 3.05) is 19.0 Å². The maximum atomic E-state index is 13.5. The summed E-state index contributed by atoms with van der Waals surface area (Å²) in [6.45, 7) is -0.423. The van der Waals surface area contributed by atoms with Gasteiger partial charge in [-0.15, -0.1) is 0 Å². The third-order valence-electron chi connectivity index (χ3n) is 5.11. The second-order valence-corrected chi connectivity index (χ2v) is 7.20. The number of anilines is 1. The van der Waals surface area contributed by atoms with Crippen molar-refractivity contribution in [2.24, 2.45) is 0 Å². The summed E-state index contributed by atoms with van der Waals surface area (Å²) in [5.41, 5.74) is 1.05. The molecular formula is C22H24F2N2O3. The molecule has 5 nitrogen and oxygen atoms in total. The van der Waals surface area contributed by atoms with Gasteiger partial charge in [-0.3, -0.25) is 9.59 Å². The molecule has 0 radical (unpaired) electrons. The van der Waals surface area contributed by atoms with Crippen molar-refractivity contribution < 1.29 is 23.1 Å². The van der Waals surface area contributed by atoms with Crippen molar-refractivity contribution in [2.45, 2.75) is 38.1 Å². The van der Waals surface area contributed by atoms with Gasteiger partial charge in [0, 0.05) is 30.4 Å². The topological polar surface area (TPSA) is 58.6 Å². The molecule has 0 bridgehead atoms. The monoisotopic (exact) mass is 402 g/mol. The molecule has 2 aromatic carbocycles. The molecule has 1 aliphatic carbocycles. The van der Waals surface area contributed by atoms with E-state index < -0.39 is 24.1 Å². The largest absolute Gasteiger partial charge is 0.481 e. The maximum Gasteiger partial charge on any atom is 0.262 e. The Bertz CT molecular complexity index is 865. The van der Waals surface area contributed by atoms with E-state index in [9.17, 15) is 18.4 Å². The molecule has 2 aromatic rings. The Hall–Kier alpha value is -2.96. The lowest BCUT2D eigenvalue weighted by Gasteiger charge is -2.31. The maximum absolute atomic E-state index is 13.5. The Kier molecular flexibility index (Phi) is 6.80. The predicted octanol–water partition coefficient (Wildman–Crippen LogP) is 4.39. The van der Waals surface area contributed by atoms with Gasteiger partial charge in [0.2, 0.25) is 0 Å². The standard InChI is InChI=1S/C22H24F2N2O3/c1-26(18-5-3-2-4-6-18)22(28)15-7-10-17(11-8-15)25-21(27)14-29-20-12-9-16(23)13-19(20)24/h7-13,18H,2-6,14H2,1H3,(H,25,27). The van der Waals surface area contributed by atoms with Crippen LogP contribution in [0.2, 0.25) is 0 Å². The van der Waals surface area contributed by atoms with Gasteiger partial charge in [-0.25, -0.2) is 8.78 Å². The quantitative estimate of drug-likeness (QED) is 0.780. The molecule has 1 fully saturated rings. The van der Waals surface area contributed by atoms with Crippen LogP contribution in [0.5, 0.6) is 5.75 Å². The van der Waals surface area contributed by atoms with E-state index in [2.05, 4.69) is 5.32 Å². The number of carbonyl (C=O) groups is 2. The Balaban J connectivity index is 1.52. The first-order chi connectivity index (χ1) is 13.9. The van der Waals surface area contributed by atoms with Gasteiger partial charge in [0.1, 0.15) is 5.82 Å². The first-order valence-electron chi connectivity index (χ1n) is 9.69. The Morgan fingerprint density at radius 2 is 1.76 bits per heavy atom. The molecule has 0 unspecified atom stereocenters. The van der Waals surface area contributed by atoms with Crippen molar-refractivity contribution in [3.63, 3.8) is 0 Å². The highest BCUT2D eigenvalue weighted by atomic mass is 19.1. The number of ether oxygens (including phenoxy) is 1. The molecule has 0 aromatic heterocycles. The van der Waals surface area contributed by atoms with Crippen molar-refractivity contribution >= 4 is 17.5 Å². The highest BCUT2D eigenvalue weighted by Gasteiger charge is 2.22. The van der Waals surface area contributed by atoms with Crippen molar-refractivity contribution in [3.8, 4) is 5.75 Å². The van der Waals surface area contributed by atoms with E-state index in [0.29, 0.717) is 17.3 Å². The van der Waals surface area contributed by atoms with Gasteiger partial charge in [0.05, 0.1) is 0 Å². The molecule has 1 aliphatic rings. The van der Waals surface area contributed by atoms with Crippen LogP contribution in [0.15, 0.2) is 42.5 Å². The number of nitrogens with zero attached hydrogens (tertiary/aromatic N) is 1. The van der Waals surface area contributed by atoms with E-state index in [4.69, 9.17) is 4.74 Å². The van der Waals surface area contributed by atoms with Gasteiger partial charge in [-0.05, 0) is 49.2 Å². The van der Waals surface area contributed by atoms with Crippen LogP contribution >= 0.6 is 0 Å². The summed E-state index contributed by atoms with van der Waals surface area (Å²) < 4.78 is 31.5. The van der Waals surface area contributed by atoms with Gasteiger partial charge in [0.25, 0.3) is 11.8 Å². The number of hydrogen-bond acceptors (Lipinski definition) is 3. The molecule has 0 heterocycles. The minimum atomic E-state index is -0.872. The van der Waals surface area contributed by atoms with E-state index in [1.807, 2.05) is 7.05 Å². The molecule has 1 saturated carbocycles. The Labute approximate surface area is 168 Å². The molecule has 0 aliphatic heterocycles. The molecule has 1 N–H and O–H groups in total. The van der Waals surface area contributed by atoms with Crippen molar-refractivity contribution in [3.05, 3.63) is 59.7 Å². The van der Waals surface area contributed by atoms with Crippen molar-refractivity contribution in [1.29, 1.82) is 0 Å². The average Bonchev–Trinajstić information content (AvgIpc) is 2.73. The number of amides is 2. The highest BCUT2D eigenvalue weighted by Crippen LogP contribution is 2.23. The van der Waals surface area contributed by atoms with Crippen LogP contribution in [-0.4, -0.2) is 36.4 Å². The zero-order chi connectivity index (χ0) is 20.8. The van der Waals surface area contributed by atoms with E-state index in [1.54, 1.807) is 29.2 Å². The summed E-state index contributed by atoms with van der Waals surface area (Å²) in [4.78, 5) is 26.4. The molecule has 0 spiro atoms. The lowest BCUT2D eigenvalue weighted by Crippen LogP contribution is -2.38. The Morgan fingerprint density at radius 3 is 2.41 bits per heavy atom. The Morgan fingerprint density at radius 1 is 1.07 bits per heavy atom. The number of carbonyl (C=O) groups excluding carboxylic acids is 2. The number of hydrogen-bond donors (Lipinski definition) is 1. The normalized spacial score (nSPS) is 14.3. The van der Waals surface area contributed by atoms with Crippen molar-refractivity contribution in [1.82, 2.24) is 4.90 Å². The number of rotatable bonds is 6. The summed E-state index contributed by atoms with van der Waals surface area (Å²) in [6.07, 6.45) is 5.59. The lowest BCUT2D eigenvalue weighted by atomic mass is 9.94. The molecule has 154 valence electrons. The predicted molar refractivity (Wildman–Crippen MR) is 106 cm³/mol. The summed E-state index contributed by atoms with van der Waals surface area (Å²) in [5.74, 6) is -2.32. The fraction of sp³-hybridized carbons (Fsp3) is 0.364. The zero-order valence-corrected chi connectivity index (χ0v) is 16.3. The molecule has 0 saturated heterocycles. The van der Waals surface area contributed by atoms with Crippen LogP contribution in [-0.2, 0) is 4.79 Å². The third kappa shape index (κ3) is 5.53. The van der Waals surface area contributed by atoms with E-state index in [0.717, 1.165) is 37.8 Å². The SMILES string of the molecule is CN(C(=O)c1ccc(NC(=O)COc2ccc(F)cc2F)cc1)C1CCCCC1. The first kappa shape index (κ1) is 20.8. The molecule has 0 atom stereocenters. The number of nitrogens with one attached hydrogen (secondary N) is 1. The van der Waals surface area contributed by atoms with Crippen LogP contribution in [0.3, 0.4) is 0 Å².